The lowest BCUT2D eigenvalue weighted by molar-refractivity contribution is 0.729. The lowest BCUT2D eigenvalue weighted by Gasteiger charge is -2.27. The normalized spacial score (nSPS) is 24.3. The van der Waals surface area contributed by atoms with Crippen LogP contribution in [0.1, 0.15) is 65.2 Å². The number of thioether (sulfide) groups is 2. The molecule has 0 nitrogen and oxygen atoms in total. The molecule has 106 valence electrons. The zero-order valence-electron chi connectivity index (χ0n) is 12.2. The molecule has 0 aliphatic heterocycles. The summed E-state index contributed by atoms with van der Waals surface area (Å²) in [5.41, 5.74) is 0. The topological polar surface area (TPSA) is 0 Å². The molecular formula is C16H30S2. The molecule has 0 aromatic rings. The summed E-state index contributed by atoms with van der Waals surface area (Å²) in [4.78, 5) is 0. The fourth-order valence-electron chi connectivity index (χ4n) is 2.21. The van der Waals surface area contributed by atoms with E-state index in [0.717, 1.165) is 10.5 Å². The number of hydrogen-bond donors (Lipinski definition) is 0. The van der Waals surface area contributed by atoms with Gasteiger partial charge in [-0.05, 0) is 50.0 Å². The largest absolute Gasteiger partial charge is 0.158 e. The Kier molecular flexibility index (Phi) is 10.7. The van der Waals surface area contributed by atoms with Crippen LogP contribution in [0.4, 0.5) is 0 Å². The zero-order chi connectivity index (χ0) is 13.1. The van der Waals surface area contributed by atoms with Crippen molar-refractivity contribution in [1.29, 1.82) is 0 Å². The van der Waals surface area contributed by atoms with E-state index in [0.29, 0.717) is 0 Å². The summed E-state index contributed by atoms with van der Waals surface area (Å²) in [6.07, 6.45) is 16.1. The number of hydrogen-bond acceptors (Lipinski definition) is 2. The second kappa shape index (κ2) is 11.5. The first-order valence-corrected chi connectivity index (χ1v) is 9.86. The fourth-order valence-corrected chi connectivity index (χ4v) is 4.55. The first kappa shape index (κ1) is 16.8. The first-order valence-electron chi connectivity index (χ1n) is 7.76. The summed E-state index contributed by atoms with van der Waals surface area (Å²) in [6, 6.07) is 0. The van der Waals surface area contributed by atoms with Gasteiger partial charge in [0.15, 0.2) is 0 Å². The minimum absolute atomic E-state index is 0.814. The van der Waals surface area contributed by atoms with Crippen LogP contribution in [0, 0.1) is 12.8 Å². The molecule has 1 rings (SSSR count). The van der Waals surface area contributed by atoms with E-state index in [1.165, 1.54) is 62.9 Å². The average Bonchev–Trinajstić information content (AvgIpc) is 2.41. The SMILES string of the molecule is CCCCCSC1[CH]CC(SCCCCC)[CH]C1. The molecule has 0 heterocycles. The summed E-state index contributed by atoms with van der Waals surface area (Å²) < 4.78 is 0. The standard InChI is InChI=1S/C16H30S2/c1-3-5-7-13-17-15-9-11-16(12-10-15)18-14-8-6-4-2/h9,12,15-16H,3-8,10-11,13-14H2,1-2H3. The van der Waals surface area contributed by atoms with Gasteiger partial charge in [-0.2, -0.15) is 23.5 Å². The van der Waals surface area contributed by atoms with E-state index in [-0.39, 0.29) is 0 Å². The third kappa shape index (κ3) is 7.99. The molecule has 1 aliphatic carbocycles. The molecule has 2 atom stereocenters. The molecule has 0 N–H and O–H groups in total. The van der Waals surface area contributed by atoms with Crippen LogP contribution in [0.2, 0.25) is 0 Å². The van der Waals surface area contributed by atoms with Gasteiger partial charge < -0.3 is 0 Å². The highest BCUT2D eigenvalue weighted by Gasteiger charge is 2.21. The van der Waals surface area contributed by atoms with Crippen molar-refractivity contribution in [2.75, 3.05) is 11.5 Å². The summed E-state index contributed by atoms with van der Waals surface area (Å²) in [5.74, 6) is 2.72. The van der Waals surface area contributed by atoms with E-state index in [2.05, 4.69) is 50.2 Å². The second-order valence-electron chi connectivity index (χ2n) is 5.18. The van der Waals surface area contributed by atoms with Gasteiger partial charge in [-0.15, -0.1) is 0 Å². The van der Waals surface area contributed by atoms with Crippen molar-refractivity contribution < 1.29 is 0 Å². The highest BCUT2D eigenvalue weighted by Crippen LogP contribution is 2.33. The molecule has 0 aromatic carbocycles. The number of rotatable bonds is 10. The first-order chi connectivity index (χ1) is 8.86. The fraction of sp³-hybridized carbons (Fsp3) is 0.875. The van der Waals surface area contributed by atoms with Crippen molar-refractivity contribution in [2.45, 2.75) is 75.7 Å². The molecule has 18 heavy (non-hydrogen) atoms. The summed E-state index contributed by atoms with van der Waals surface area (Å²) >= 11 is 4.35. The Labute approximate surface area is 123 Å². The summed E-state index contributed by atoms with van der Waals surface area (Å²) in [7, 11) is 0. The molecule has 2 radical (unpaired) electrons. The van der Waals surface area contributed by atoms with E-state index in [4.69, 9.17) is 0 Å². The Hall–Kier alpha value is 0.700. The molecule has 1 aliphatic rings. The smallest absolute Gasteiger partial charge is 0.00819 e. The summed E-state index contributed by atoms with van der Waals surface area (Å²) in [5, 5.41) is 1.63. The van der Waals surface area contributed by atoms with Gasteiger partial charge in [0, 0.05) is 10.5 Å². The van der Waals surface area contributed by atoms with Crippen LogP contribution in [-0.4, -0.2) is 22.0 Å². The monoisotopic (exact) mass is 286 g/mol. The Morgan fingerprint density at radius 1 is 0.778 bits per heavy atom. The average molecular weight is 287 g/mol. The minimum atomic E-state index is 0.814. The molecule has 0 aromatic heterocycles. The molecule has 0 saturated heterocycles. The Morgan fingerprint density at radius 3 is 1.56 bits per heavy atom. The van der Waals surface area contributed by atoms with Crippen molar-refractivity contribution in [3.63, 3.8) is 0 Å². The second-order valence-corrected chi connectivity index (χ2v) is 7.87. The van der Waals surface area contributed by atoms with Crippen molar-refractivity contribution in [2.24, 2.45) is 0 Å². The van der Waals surface area contributed by atoms with Gasteiger partial charge in [0.05, 0.1) is 0 Å². The van der Waals surface area contributed by atoms with E-state index in [1.807, 2.05) is 0 Å². The quantitative estimate of drug-likeness (QED) is 0.467. The molecule has 0 spiro atoms. The summed E-state index contributed by atoms with van der Waals surface area (Å²) in [6.45, 7) is 4.57. The Balaban J connectivity index is 1.95. The van der Waals surface area contributed by atoms with Crippen LogP contribution in [0.15, 0.2) is 0 Å². The molecule has 1 saturated carbocycles. The van der Waals surface area contributed by atoms with Crippen molar-refractivity contribution >= 4 is 23.5 Å². The van der Waals surface area contributed by atoms with Gasteiger partial charge >= 0.3 is 0 Å². The van der Waals surface area contributed by atoms with Gasteiger partial charge in [-0.25, -0.2) is 0 Å². The van der Waals surface area contributed by atoms with Gasteiger partial charge in [-0.3, -0.25) is 0 Å². The van der Waals surface area contributed by atoms with E-state index < -0.39 is 0 Å². The van der Waals surface area contributed by atoms with Crippen LogP contribution in [0.5, 0.6) is 0 Å². The van der Waals surface area contributed by atoms with Crippen molar-refractivity contribution in [3.8, 4) is 0 Å². The van der Waals surface area contributed by atoms with Crippen molar-refractivity contribution in [3.05, 3.63) is 12.8 Å². The van der Waals surface area contributed by atoms with Crippen LogP contribution in [0.25, 0.3) is 0 Å². The Morgan fingerprint density at radius 2 is 1.22 bits per heavy atom. The molecule has 0 amide bonds. The van der Waals surface area contributed by atoms with Crippen LogP contribution < -0.4 is 0 Å². The third-order valence-electron chi connectivity index (χ3n) is 3.42. The highest BCUT2D eigenvalue weighted by atomic mass is 32.2. The van der Waals surface area contributed by atoms with Crippen LogP contribution in [-0.2, 0) is 0 Å². The predicted octanol–water partition coefficient (Wildman–Crippen LogP) is 5.77. The van der Waals surface area contributed by atoms with Crippen LogP contribution >= 0.6 is 23.5 Å². The van der Waals surface area contributed by atoms with E-state index >= 15 is 0 Å². The van der Waals surface area contributed by atoms with E-state index in [9.17, 15) is 0 Å². The maximum atomic E-state index is 2.58. The molecule has 2 unspecified atom stereocenters. The van der Waals surface area contributed by atoms with Crippen LogP contribution in [0.3, 0.4) is 0 Å². The van der Waals surface area contributed by atoms with Gasteiger partial charge in [0.2, 0.25) is 0 Å². The molecule has 0 bridgehead atoms. The number of unbranched alkanes of at least 4 members (excludes halogenated alkanes) is 4. The molecule has 2 heteroatoms. The maximum Gasteiger partial charge on any atom is 0.00819 e. The molecule has 1 fully saturated rings. The maximum absolute atomic E-state index is 2.58. The van der Waals surface area contributed by atoms with Gasteiger partial charge in [0.1, 0.15) is 0 Å². The van der Waals surface area contributed by atoms with Gasteiger partial charge in [-0.1, -0.05) is 39.5 Å². The zero-order valence-corrected chi connectivity index (χ0v) is 13.8. The molecular weight excluding hydrogens is 256 g/mol. The third-order valence-corrected chi connectivity index (χ3v) is 6.10. The Bertz CT molecular complexity index is 154. The van der Waals surface area contributed by atoms with Crippen molar-refractivity contribution in [1.82, 2.24) is 0 Å². The lowest BCUT2D eigenvalue weighted by Crippen LogP contribution is -2.20. The van der Waals surface area contributed by atoms with E-state index in [1.54, 1.807) is 0 Å². The highest BCUT2D eigenvalue weighted by molar-refractivity contribution is 8.00. The van der Waals surface area contributed by atoms with Gasteiger partial charge in [0.25, 0.3) is 0 Å². The lowest BCUT2D eigenvalue weighted by atomic mass is 10.00. The minimum Gasteiger partial charge on any atom is -0.158 e. The predicted molar refractivity (Wildman–Crippen MR) is 89.4 cm³/mol.